The minimum Gasteiger partial charge on any atom is -0.487 e. The van der Waals surface area contributed by atoms with E-state index in [9.17, 15) is 13.2 Å². The number of hydrogen-bond acceptors (Lipinski definition) is 5. The number of nitrogens with zero attached hydrogens (tertiary/aromatic N) is 1. The van der Waals surface area contributed by atoms with Crippen LogP contribution in [-0.4, -0.2) is 32.5 Å². The van der Waals surface area contributed by atoms with Crippen LogP contribution in [0.15, 0.2) is 17.3 Å². The Morgan fingerprint density at radius 1 is 1.50 bits per heavy atom. The van der Waals surface area contributed by atoms with Crippen molar-refractivity contribution >= 4 is 15.9 Å². The van der Waals surface area contributed by atoms with Gasteiger partial charge in [0.25, 0.3) is 5.91 Å². The van der Waals surface area contributed by atoms with Crippen molar-refractivity contribution < 1.29 is 17.9 Å². The molecule has 0 saturated heterocycles. The zero-order valence-corrected chi connectivity index (χ0v) is 10.5. The molecule has 1 aliphatic rings. The summed E-state index contributed by atoms with van der Waals surface area (Å²) >= 11 is 0. The lowest BCUT2D eigenvalue weighted by atomic mass is 10.2. The highest BCUT2D eigenvalue weighted by atomic mass is 32.2. The van der Waals surface area contributed by atoms with Crippen LogP contribution in [0.4, 0.5) is 0 Å². The zero-order valence-electron chi connectivity index (χ0n) is 9.71. The molecule has 2 rings (SSSR count). The van der Waals surface area contributed by atoms with E-state index in [0.717, 1.165) is 19.0 Å². The molecule has 0 radical (unpaired) electrons. The lowest BCUT2D eigenvalue weighted by molar-refractivity contribution is 0.0958. The molecular weight excluding hydrogens is 258 g/mol. The van der Waals surface area contributed by atoms with Crippen LogP contribution in [0, 0.1) is 0 Å². The molecule has 0 bridgehead atoms. The summed E-state index contributed by atoms with van der Waals surface area (Å²) in [4.78, 5) is 15.1. The van der Waals surface area contributed by atoms with Gasteiger partial charge in [-0.15, -0.1) is 0 Å². The van der Waals surface area contributed by atoms with Crippen molar-refractivity contribution in [2.45, 2.75) is 23.8 Å². The molecule has 18 heavy (non-hydrogen) atoms. The predicted molar refractivity (Wildman–Crippen MR) is 62.7 cm³/mol. The number of amides is 1. The van der Waals surface area contributed by atoms with E-state index in [-0.39, 0.29) is 22.3 Å². The molecule has 1 aromatic heterocycles. The summed E-state index contributed by atoms with van der Waals surface area (Å²) in [6.07, 6.45) is 4.10. The minimum absolute atomic E-state index is 0.0211. The Morgan fingerprint density at radius 3 is 2.67 bits per heavy atom. The highest BCUT2D eigenvalue weighted by molar-refractivity contribution is 7.89. The van der Waals surface area contributed by atoms with Gasteiger partial charge in [-0.3, -0.25) is 9.78 Å². The summed E-state index contributed by atoms with van der Waals surface area (Å²) in [7, 11) is -2.67. The quantitative estimate of drug-likeness (QED) is 0.776. The second kappa shape index (κ2) is 4.54. The maximum Gasteiger partial charge on any atom is 0.254 e. The number of carbonyl (C=O) groups excluding carboxylic acids is 1. The molecule has 1 amide bonds. The third-order valence-corrected chi connectivity index (χ3v) is 3.43. The topological polar surface area (TPSA) is 111 Å². The van der Waals surface area contributed by atoms with Crippen molar-refractivity contribution in [1.29, 1.82) is 0 Å². The van der Waals surface area contributed by atoms with Crippen LogP contribution in [0.25, 0.3) is 0 Å². The van der Waals surface area contributed by atoms with Gasteiger partial charge in [-0.05, 0) is 12.8 Å². The van der Waals surface area contributed by atoms with Crippen LogP contribution >= 0.6 is 0 Å². The first kappa shape index (κ1) is 12.8. The van der Waals surface area contributed by atoms with E-state index in [4.69, 9.17) is 9.88 Å². The lowest BCUT2D eigenvalue weighted by Gasteiger charge is -2.12. The van der Waals surface area contributed by atoms with E-state index >= 15 is 0 Å². The van der Waals surface area contributed by atoms with E-state index in [0.29, 0.717) is 0 Å². The summed E-state index contributed by atoms with van der Waals surface area (Å²) in [6, 6.07) is 0. The van der Waals surface area contributed by atoms with Gasteiger partial charge in [0.2, 0.25) is 10.0 Å². The minimum atomic E-state index is -4.06. The van der Waals surface area contributed by atoms with Crippen molar-refractivity contribution in [3.63, 3.8) is 0 Å². The van der Waals surface area contributed by atoms with Gasteiger partial charge in [0, 0.05) is 13.2 Å². The molecular formula is C10H13N3O4S. The van der Waals surface area contributed by atoms with Gasteiger partial charge in [-0.2, -0.15) is 0 Å². The number of primary sulfonamides is 1. The Balaban J connectivity index is 2.55. The number of pyridine rings is 1. The molecule has 0 aromatic carbocycles. The Labute approximate surface area is 104 Å². The van der Waals surface area contributed by atoms with Gasteiger partial charge in [0.05, 0.1) is 17.9 Å². The fraction of sp³-hybridized carbons (Fsp3) is 0.400. The summed E-state index contributed by atoms with van der Waals surface area (Å²) < 4.78 is 28.6. The van der Waals surface area contributed by atoms with E-state index in [2.05, 4.69) is 10.3 Å². The maximum atomic E-state index is 11.6. The molecule has 0 spiro atoms. The molecule has 1 heterocycles. The zero-order chi connectivity index (χ0) is 13.3. The van der Waals surface area contributed by atoms with Crippen LogP contribution in [0.3, 0.4) is 0 Å². The lowest BCUT2D eigenvalue weighted by Crippen LogP contribution is -2.24. The second-order valence-corrected chi connectivity index (χ2v) is 5.45. The molecule has 0 unspecified atom stereocenters. The van der Waals surface area contributed by atoms with Gasteiger partial charge in [0.1, 0.15) is 4.90 Å². The summed E-state index contributed by atoms with van der Waals surface area (Å²) in [6.45, 7) is 0. The number of rotatable bonds is 4. The average molecular weight is 271 g/mol. The van der Waals surface area contributed by atoms with Crippen LogP contribution in [0.2, 0.25) is 0 Å². The first-order valence-electron chi connectivity index (χ1n) is 5.33. The van der Waals surface area contributed by atoms with Crippen LogP contribution in [0.1, 0.15) is 23.2 Å². The van der Waals surface area contributed by atoms with Gasteiger partial charge < -0.3 is 10.1 Å². The van der Waals surface area contributed by atoms with E-state index in [1.165, 1.54) is 13.2 Å². The average Bonchev–Trinajstić information content (AvgIpc) is 3.10. The number of carbonyl (C=O) groups is 1. The molecule has 1 fully saturated rings. The molecule has 0 aliphatic heterocycles. The molecule has 0 atom stereocenters. The first-order valence-corrected chi connectivity index (χ1v) is 6.87. The third-order valence-electron chi connectivity index (χ3n) is 2.44. The molecule has 98 valence electrons. The van der Waals surface area contributed by atoms with Crippen molar-refractivity contribution in [1.82, 2.24) is 10.3 Å². The van der Waals surface area contributed by atoms with Crippen LogP contribution in [-0.2, 0) is 10.0 Å². The summed E-state index contributed by atoms with van der Waals surface area (Å²) in [5.41, 5.74) is -0.113. The molecule has 1 saturated carbocycles. The summed E-state index contributed by atoms with van der Waals surface area (Å²) in [5, 5.41) is 7.47. The Hall–Kier alpha value is -1.67. The highest BCUT2D eigenvalue weighted by Crippen LogP contribution is 2.32. The SMILES string of the molecule is CNC(=O)c1cncc(OC2CC2)c1S(N)(=O)=O. The Morgan fingerprint density at radius 2 is 2.17 bits per heavy atom. The number of nitrogens with one attached hydrogen (secondary N) is 1. The summed E-state index contributed by atoms with van der Waals surface area (Å²) in [5.74, 6) is -0.547. The van der Waals surface area contributed by atoms with Crippen molar-refractivity contribution in [3.05, 3.63) is 18.0 Å². The number of hydrogen-bond donors (Lipinski definition) is 2. The van der Waals surface area contributed by atoms with Gasteiger partial charge >= 0.3 is 0 Å². The molecule has 8 heteroatoms. The van der Waals surface area contributed by atoms with Gasteiger partial charge in [0.15, 0.2) is 5.75 Å². The molecule has 1 aliphatic carbocycles. The number of aromatic nitrogens is 1. The fourth-order valence-electron chi connectivity index (χ4n) is 1.47. The monoisotopic (exact) mass is 271 g/mol. The largest absolute Gasteiger partial charge is 0.487 e. The second-order valence-electron chi connectivity index (χ2n) is 3.96. The molecule has 1 aromatic rings. The van der Waals surface area contributed by atoms with E-state index < -0.39 is 15.9 Å². The van der Waals surface area contributed by atoms with Crippen molar-refractivity contribution in [2.24, 2.45) is 5.14 Å². The number of ether oxygens (including phenoxy) is 1. The van der Waals surface area contributed by atoms with E-state index in [1.54, 1.807) is 0 Å². The third kappa shape index (κ3) is 2.59. The van der Waals surface area contributed by atoms with Gasteiger partial charge in [-0.25, -0.2) is 13.6 Å². The van der Waals surface area contributed by atoms with Crippen LogP contribution < -0.4 is 15.2 Å². The maximum absolute atomic E-state index is 11.6. The van der Waals surface area contributed by atoms with Gasteiger partial charge in [-0.1, -0.05) is 0 Å². The fourth-order valence-corrected chi connectivity index (χ4v) is 2.30. The van der Waals surface area contributed by atoms with Crippen molar-refractivity contribution in [2.75, 3.05) is 7.05 Å². The molecule has 3 N–H and O–H groups in total. The Bertz CT molecular complexity index is 581. The van der Waals surface area contributed by atoms with Crippen molar-refractivity contribution in [3.8, 4) is 5.75 Å². The first-order chi connectivity index (χ1) is 8.43. The highest BCUT2D eigenvalue weighted by Gasteiger charge is 2.29. The number of nitrogens with two attached hydrogens (primary N) is 1. The Kier molecular flexibility index (Phi) is 3.22. The number of sulfonamides is 1. The normalized spacial score (nSPS) is 15.2. The standard InChI is InChI=1S/C10H13N3O4S/c1-12-10(14)7-4-13-5-8(17-6-2-3-6)9(7)18(11,15)16/h4-6H,2-3H2,1H3,(H,12,14)(H2,11,15,16). The smallest absolute Gasteiger partial charge is 0.254 e. The van der Waals surface area contributed by atoms with E-state index in [1.807, 2.05) is 0 Å². The molecule has 7 nitrogen and oxygen atoms in total. The predicted octanol–water partition coefficient (Wildman–Crippen LogP) is -0.370. The van der Waals surface area contributed by atoms with Crippen LogP contribution in [0.5, 0.6) is 5.75 Å².